The molecule has 0 fully saturated rings. The van der Waals surface area contributed by atoms with Crippen LogP contribution >= 0.6 is 0 Å². The van der Waals surface area contributed by atoms with E-state index in [1.165, 1.54) is 22.4 Å². The summed E-state index contributed by atoms with van der Waals surface area (Å²) < 4.78 is 0. The molecule has 0 spiro atoms. The zero-order valence-corrected chi connectivity index (χ0v) is 13.4. The molecule has 1 aromatic carbocycles. The van der Waals surface area contributed by atoms with Crippen LogP contribution in [-0.4, -0.2) is 18.1 Å². The minimum Gasteiger partial charge on any atom is -0.317 e. The van der Waals surface area contributed by atoms with Gasteiger partial charge in [-0.3, -0.25) is 4.98 Å². The minimum atomic E-state index is 0.476. The Kier molecular flexibility index (Phi) is 5.94. The van der Waals surface area contributed by atoms with E-state index in [-0.39, 0.29) is 0 Å². The lowest BCUT2D eigenvalue weighted by Crippen LogP contribution is -2.28. The first-order valence-corrected chi connectivity index (χ1v) is 7.88. The first-order valence-electron chi connectivity index (χ1n) is 7.88. The van der Waals surface area contributed by atoms with Crippen molar-refractivity contribution in [1.82, 2.24) is 10.3 Å². The third kappa shape index (κ3) is 4.68. The fourth-order valence-electron chi connectivity index (χ4n) is 2.61. The Hall–Kier alpha value is -1.67. The van der Waals surface area contributed by atoms with Gasteiger partial charge in [-0.2, -0.15) is 0 Å². The Morgan fingerprint density at radius 2 is 1.95 bits per heavy atom. The number of nitrogens with one attached hydrogen (secondary N) is 1. The van der Waals surface area contributed by atoms with E-state index in [2.05, 4.69) is 60.5 Å². The van der Waals surface area contributed by atoms with Gasteiger partial charge in [0.25, 0.3) is 0 Å². The van der Waals surface area contributed by atoms with E-state index in [0.29, 0.717) is 6.04 Å². The van der Waals surface area contributed by atoms with Gasteiger partial charge in [0.1, 0.15) is 0 Å². The fourth-order valence-corrected chi connectivity index (χ4v) is 2.61. The van der Waals surface area contributed by atoms with Crippen molar-refractivity contribution < 1.29 is 0 Å². The molecule has 2 nitrogen and oxygen atoms in total. The van der Waals surface area contributed by atoms with Crippen LogP contribution in [0.1, 0.15) is 35.7 Å². The van der Waals surface area contributed by atoms with Gasteiger partial charge < -0.3 is 5.32 Å². The highest BCUT2D eigenvalue weighted by atomic mass is 14.9. The van der Waals surface area contributed by atoms with E-state index in [4.69, 9.17) is 0 Å². The Labute approximate surface area is 128 Å². The summed E-state index contributed by atoms with van der Waals surface area (Å²) in [7, 11) is 2.04. The number of likely N-dealkylation sites (N-methyl/N-ethyl adjacent to an activating group) is 1. The molecule has 1 aromatic heterocycles. The predicted octanol–water partition coefficient (Wildman–Crippen LogP) is 3.72. The highest BCUT2D eigenvalue weighted by molar-refractivity contribution is 5.25. The molecule has 0 radical (unpaired) electrons. The van der Waals surface area contributed by atoms with Crippen LogP contribution in [0.3, 0.4) is 0 Å². The van der Waals surface area contributed by atoms with Gasteiger partial charge in [0.2, 0.25) is 0 Å². The van der Waals surface area contributed by atoms with Gasteiger partial charge in [-0.25, -0.2) is 0 Å². The average molecular weight is 282 g/mol. The Morgan fingerprint density at radius 1 is 1.14 bits per heavy atom. The van der Waals surface area contributed by atoms with Crippen LogP contribution in [0.15, 0.2) is 42.6 Å². The molecule has 0 aliphatic carbocycles. The standard InChI is InChI=1S/C19H26N2/c1-4-16-9-11-19(21-14-16)13-18(20-3)12-10-17-8-6-5-7-15(17)2/h5-9,11,14,18,20H,4,10,12-13H2,1-3H3. The second-order valence-electron chi connectivity index (χ2n) is 5.67. The highest BCUT2D eigenvalue weighted by Gasteiger charge is 2.09. The largest absolute Gasteiger partial charge is 0.317 e. The maximum absolute atomic E-state index is 4.57. The number of hydrogen-bond donors (Lipinski definition) is 1. The van der Waals surface area contributed by atoms with Crippen molar-refractivity contribution >= 4 is 0 Å². The molecule has 0 saturated carbocycles. The zero-order valence-electron chi connectivity index (χ0n) is 13.4. The van der Waals surface area contributed by atoms with Crippen molar-refractivity contribution in [2.75, 3.05) is 7.05 Å². The number of nitrogens with zero attached hydrogens (tertiary/aromatic N) is 1. The van der Waals surface area contributed by atoms with E-state index in [1.807, 2.05) is 13.2 Å². The van der Waals surface area contributed by atoms with Crippen LogP contribution in [0.4, 0.5) is 0 Å². The highest BCUT2D eigenvalue weighted by Crippen LogP contribution is 2.13. The smallest absolute Gasteiger partial charge is 0.0419 e. The van der Waals surface area contributed by atoms with Gasteiger partial charge in [-0.05, 0) is 56.0 Å². The number of pyridine rings is 1. The van der Waals surface area contributed by atoms with E-state index in [9.17, 15) is 0 Å². The molecule has 0 aliphatic rings. The van der Waals surface area contributed by atoms with Crippen LogP contribution in [-0.2, 0) is 19.3 Å². The summed E-state index contributed by atoms with van der Waals surface area (Å²) in [5.41, 5.74) is 5.32. The first kappa shape index (κ1) is 15.7. The van der Waals surface area contributed by atoms with Crippen LogP contribution < -0.4 is 5.32 Å². The maximum Gasteiger partial charge on any atom is 0.0419 e. The molecular weight excluding hydrogens is 256 g/mol. The van der Waals surface area contributed by atoms with Crippen molar-refractivity contribution in [2.45, 2.75) is 45.6 Å². The number of aryl methyl sites for hydroxylation is 3. The monoisotopic (exact) mass is 282 g/mol. The Balaban J connectivity index is 1.92. The minimum absolute atomic E-state index is 0.476. The lowest BCUT2D eigenvalue weighted by Gasteiger charge is -2.16. The van der Waals surface area contributed by atoms with E-state index < -0.39 is 0 Å². The summed E-state index contributed by atoms with van der Waals surface area (Å²) in [6.45, 7) is 4.35. The molecule has 0 saturated heterocycles. The van der Waals surface area contributed by atoms with Crippen molar-refractivity contribution in [1.29, 1.82) is 0 Å². The molecule has 1 unspecified atom stereocenters. The SMILES string of the molecule is CCc1ccc(CC(CCc2ccccc2C)NC)nc1. The van der Waals surface area contributed by atoms with Crippen molar-refractivity contribution in [3.8, 4) is 0 Å². The van der Waals surface area contributed by atoms with E-state index in [0.717, 1.165) is 25.7 Å². The fraction of sp³-hybridized carbons (Fsp3) is 0.421. The van der Waals surface area contributed by atoms with Gasteiger partial charge in [0.15, 0.2) is 0 Å². The molecule has 1 heterocycles. The van der Waals surface area contributed by atoms with Gasteiger partial charge in [0, 0.05) is 24.4 Å². The van der Waals surface area contributed by atoms with Gasteiger partial charge in [-0.1, -0.05) is 37.3 Å². The number of aromatic nitrogens is 1. The van der Waals surface area contributed by atoms with Crippen LogP contribution in [0, 0.1) is 6.92 Å². The van der Waals surface area contributed by atoms with E-state index >= 15 is 0 Å². The number of hydrogen-bond acceptors (Lipinski definition) is 2. The summed E-state index contributed by atoms with van der Waals surface area (Å²) >= 11 is 0. The maximum atomic E-state index is 4.57. The van der Waals surface area contributed by atoms with Crippen molar-refractivity contribution in [3.05, 3.63) is 65.0 Å². The summed E-state index contributed by atoms with van der Waals surface area (Å²) in [5, 5.41) is 3.43. The van der Waals surface area contributed by atoms with Crippen LogP contribution in [0.5, 0.6) is 0 Å². The van der Waals surface area contributed by atoms with E-state index in [1.54, 1.807) is 0 Å². The van der Waals surface area contributed by atoms with Gasteiger partial charge >= 0.3 is 0 Å². The summed E-state index contributed by atoms with van der Waals surface area (Å²) in [6, 6.07) is 13.5. The molecule has 0 bridgehead atoms. The molecule has 0 amide bonds. The number of rotatable bonds is 7. The molecule has 2 heteroatoms. The van der Waals surface area contributed by atoms with Crippen molar-refractivity contribution in [2.24, 2.45) is 0 Å². The van der Waals surface area contributed by atoms with Crippen LogP contribution in [0.25, 0.3) is 0 Å². The molecule has 2 rings (SSSR count). The number of benzene rings is 1. The lowest BCUT2D eigenvalue weighted by atomic mass is 9.98. The average Bonchev–Trinajstić information content (AvgIpc) is 2.53. The molecule has 112 valence electrons. The summed E-state index contributed by atoms with van der Waals surface area (Å²) in [4.78, 5) is 4.57. The Bertz CT molecular complexity index is 546. The lowest BCUT2D eigenvalue weighted by molar-refractivity contribution is 0.514. The van der Waals surface area contributed by atoms with Gasteiger partial charge in [0.05, 0.1) is 0 Å². The molecule has 1 N–H and O–H groups in total. The molecule has 21 heavy (non-hydrogen) atoms. The summed E-state index contributed by atoms with van der Waals surface area (Å²) in [5.74, 6) is 0. The van der Waals surface area contributed by atoms with Gasteiger partial charge in [-0.15, -0.1) is 0 Å². The predicted molar refractivity (Wildman–Crippen MR) is 89.7 cm³/mol. The zero-order chi connectivity index (χ0) is 15.1. The third-order valence-corrected chi connectivity index (χ3v) is 4.18. The van der Waals surface area contributed by atoms with Crippen LogP contribution in [0.2, 0.25) is 0 Å². The topological polar surface area (TPSA) is 24.9 Å². The molecule has 0 aliphatic heterocycles. The van der Waals surface area contributed by atoms with Crippen molar-refractivity contribution in [3.63, 3.8) is 0 Å². The molecule has 1 atom stereocenters. The second kappa shape index (κ2) is 7.94. The quantitative estimate of drug-likeness (QED) is 0.837. The first-order chi connectivity index (χ1) is 10.2. The second-order valence-corrected chi connectivity index (χ2v) is 5.67. The normalized spacial score (nSPS) is 12.3. The molecular formula is C19H26N2. The third-order valence-electron chi connectivity index (χ3n) is 4.18. The Morgan fingerprint density at radius 3 is 2.57 bits per heavy atom. The summed E-state index contributed by atoms with van der Waals surface area (Å²) in [6.07, 6.45) is 6.30. The molecule has 2 aromatic rings.